The van der Waals surface area contributed by atoms with E-state index in [0.29, 0.717) is 5.41 Å². The Labute approximate surface area is 80.2 Å². The van der Waals surface area contributed by atoms with E-state index in [1.165, 1.54) is 38.6 Å². The zero-order chi connectivity index (χ0) is 8.89. The third-order valence-electron chi connectivity index (χ3n) is 4.62. The highest BCUT2D eigenvalue weighted by molar-refractivity contribution is 5.03. The molecule has 0 aromatic rings. The second-order valence-corrected chi connectivity index (χ2v) is 5.00. The lowest BCUT2D eigenvalue weighted by molar-refractivity contribution is -0.122. The normalized spacial score (nSPS) is 49.6. The third kappa shape index (κ3) is 0.962. The van der Waals surface area contributed by atoms with Gasteiger partial charge in [-0.05, 0) is 31.1 Å². The first-order valence-electron chi connectivity index (χ1n) is 5.75. The second kappa shape index (κ2) is 2.71. The highest BCUT2D eigenvalue weighted by Gasteiger charge is 2.55. The van der Waals surface area contributed by atoms with Gasteiger partial charge in [-0.15, -0.1) is 0 Å². The van der Waals surface area contributed by atoms with Crippen molar-refractivity contribution in [3.63, 3.8) is 0 Å². The Bertz CT molecular complexity index is 212. The molecule has 0 bridgehead atoms. The van der Waals surface area contributed by atoms with Crippen LogP contribution in [-0.4, -0.2) is 24.3 Å². The molecule has 2 heterocycles. The summed E-state index contributed by atoms with van der Waals surface area (Å²) < 4.78 is 0. The van der Waals surface area contributed by atoms with Crippen LogP contribution in [0.25, 0.3) is 0 Å². The summed E-state index contributed by atoms with van der Waals surface area (Å²) in [5.41, 5.74) is 0.638. The van der Waals surface area contributed by atoms with Crippen molar-refractivity contribution >= 4 is 0 Å². The van der Waals surface area contributed by atoms with Crippen LogP contribution in [0.5, 0.6) is 0 Å². The van der Waals surface area contributed by atoms with Crippen molar-refractivity contribution in [1.82, 2.24) is 5.06 Å². The van der Waals surface area contributed by atoms with Crippen LogP contribution in [0.3, 0.4) is 0 Å². The predicted octanol–water partition coefficient (Wildman–Crippen LogP) is 2.20. The lowest BCUT2D eigenvalue weighted by Crippen LogP contribution is -2.42. The maximum atomic E-state index is 5.75. The molecule has 74 valence electrons. The lowest BCUT2D eigenvalue weighted by atomic mass is 9.65. The van der Waals surface area contributed by atoms with Crippen LogP contribution in [-0.2, 0) is 4.84 Å². The fourth-order valence-electron chi connectivity index (χ4n) is 3.88. The number of hydrogen-bond donors (Lipinski definition) is 0. The average molecular weight is 181 g/mol. The average Bonchev–Trinajstić information content (AvgIpc) is 2.74. The second-order valence-electron chi connectivity index (χ2n) is 5.00. The Morgan fingerprint density at radius 1 is 1.46 bits per heavy atom. The molecule has 1 saturated carbocycles. The number of hydrogen-bond acceptors (Lipinski definition) is 2. The van der Waals surface area contributed by atoms with Crippen LogP contribution in [0.1, 0.15) is 39.0 Å². The first-order chi connectivity index (χ1) is 6.36. The van der Waals surface area contributed by atoms with Gasteiger partial charge in [0.1, 0.15) is 0 Å². The molecule has 0 aromatic carbocycles. The van der Waals surface area contributed by atoms with Gasteiger partial charge in [0.15, 0.2) is 0 Å². The largest absolute Gasteiger partial charge is 0.298 e. The van der Waals surface area contributed by atoms with Crippen LogP contribution in [0, 0.1) is 11.3 Å². The molecule has 0 unspecified atom stereocenters. The molecule has 0 radical (unpaired) electrons. The molecule has 3 aliphatic rings. The van der Waals surface area contributed by atoms with Crippen molar-refractivity contribution in [2.24, 2.45) is 11.3 Å². The van der Waals surface area contributed by atoms with E-state index in [4.69, 9.17) is 4.84 Å². The molecule has 0 N–H and O–H groups in total. The van der Waals surface area contributed by atoms with Gasteiger partial charge in [-0.25, -0.2) is 0 Å². The van der Waals surface area contributed by atoms with Crippen LogP contribution < -0.4 is 0 Å². The molecule has 3 atom stereocenters. The molecular weight excluding hydrogens is 162 g/mol. The monoisotopic (exact) mass is 181 g/mol. The maximum Gasteiger partial charge on any atom is 0.0729 e. The van der Waals surface area contributed by atoms with Gasteiger partial charge in [0.05, 0.1) is 6.61 Å². The van der Waals surface area contributed by atoms with E-state index in [-0.39, 0.29) is 0 Å². The molecule has 0 aromatic heterocycles. The van der Waals surface area contributed by atoms with E-state index in [1.807, 2.05) is 0 Å². The summed E-state index contributed by atoms with van der Waals surface area (Å²) in [6.45, 7) is 4.56. The maximum absolute atomic E-state index is 5.75. The summed E-state index contributed by atoms with van der Waals surface area (Å²) in [6, 6.07) is 0.784. The molecule has 2 saturated heterocycles. The van der Waals surface area contributed by atoms with Crippen LogP contribution in [0.15, 0.2) is 0 Å². The highest BCUT2D eigenvalue weighted by Crippen LogP contribution is 2.53. The molecule has 0 amide bonds. The Morgan fingerprint density at radius 2 is 2.38 bits per heavy atom. The van der Waals surface area contributed by atoms with Gasteiger partial charge in [0.2, 0.25) is 0 Å². The van der Waals surface area contributed by atoms with Gasteiger partial charge >= 0.3 is 0 Å². The molecule has 3 fully saturated rings. The SMILES string of the molecule is CC[C@]12CCC[C@@H]3CON(CC1)[C@@H]32. The molecule has 1 aliphatic carbocycles. The minimum atomic E-state index is 0.638. The van der Waals surface area contributed by atoms with Gasteiger partial charge in [-0.3, -0.25) is 4.84 Å². The molecule has 0 spiro atoms. The summed E-state index contributed by atoms with van der Waals surface area (Å²) in [7, 11) is 0. The quantitative estimate of drug-likeness (QED) is 0.615. The number of rotatable bonds is 1. The summed E-state index contributed by atoms with van der Waals surface area (Å²) in [4.78, 5) is 5.75. The standard InChI is InChI=1S/C11H19NO/c1-2-11-5-3-4-9-8-13-12(7-6-11)10(9)11/h9-10H,2-8H2,1H3/t9-,10+,11+/m1/s1. The number of nitrogens with zero attached hydrogens (tertiary/aromatic N) is 1. The van der Waals surface area contributed by atoms with Crippen LogP contribution in [0.2, 0.25) is 0 Å². The van der Waals surface area contributed by atoms with Gasteiger partial charge < -0.3 is 0 Å². The third-order valence-corrected chi connectivity index (χ3v) is 4.62. The fraction of sp³-hybridized carbons (Fsp3) is 1.00. The van der Waals surface area contributed by atoms with E-state index >= 15 is 0 Å². The summed E-state index contributed by atoms with van der Waals surface area (Å²) in [5.74, 6) is 0.858. The van der Waals surface area contributed by atoms with Crippen molar-refractivity contribution in [3.8, 4) is 0 Å². The topological polar surface area (TPSA) is 12.5 Å². The Hall–Kier alpha value is -0.0800. The number of hydroxylamine groups is 2. The summed E-state index contributed by atoms with van der Waals surface area (Å²) in [6.07, 6.45) is 7.03. The van der Waals surface area contributed by atoms with Crippen molar-refractivity contribution < 1.29 is 4.84 Å². The molecular formula is C11H19NO. The minimum absolute atomic E-state index is 0.638. The van der Waals surface area contributed by atoms with Crippen molar-refractivity contribution in [2.45, 2.75) is 45.1 Å². The van der Waals surface area contributed by atoms with Crippen LogP contribution in [0.4, 0.5) is 0 Å². The molecule has 2 nitrogen and oxygen atoms in total. The first kappa shape index (κ1) is 8.25. The fourth-order valence-corrected chi connectivity index (χ4v) is 3.88. The van der Waals surface area contributed by atoms with E-state index in [1.54, 1.807) is 0 Å². The Kier molecular flexibility index (Phi) is 1.72. The molecule has 2 heteroatoms. The molecule has 13 heavy (non-hydrogen) atoms. The summed E-state index contributed by atoms with van der Waals surface area (Å²) in [5, 5.41) is 2.30. The molecule has 3 rings (SSSR count). The van der Waals surface area contributed by atoms with E-state index < -0.39 is 0 Å². The summed E-state index contributed by atoms with van der Waals surface area (Å²) >= 11 is 0. The predicted molar refractivity (Wildman–Crippen MR) is 51.1 cm³/mol. The first-order valence-corrected chi connectivity index (χ1v) is 5.75. The smallest absolute Gasteiger partial charge is 0.0729 e. The van der Waals surface area contributed by atoms with Crippen LogP contribution >= 0.6 is 0 Å². The van der Waals surface area contributed by atoms with Gasteiger partial charge in [-0.2, -0.15) is 5.06 Å². The Balaban J connectivity index is 1.94. The van der Waals surface area contributed by atoms with E-state index in [0.717, 1.165) is 18.6 Å². The van der Waals surface area contributed by atoms with Crippen molar-refractivity contribution in [3.05, 3.63) is 0 Å². The van der Waals surface area contributed by atoms with Gasteiger partial charge in [0.25, 0.3) is 0 Å². The van der Waals surface area contributed by atoms with Crippen molar-refractivity contribution in [2.75, 3.05) is 13.2 Å². The van der Waals surface area contributed by atoms with E-state index in [9.17, 15) is 0 Å². The Morgan fingerprint density at radius 3 is 3.23 bits per heavy atom. The zero-order valence-electron chi connectivity index (χ0n) is 8.46. The van der Waals surface area contributed by atoms with Gasteiger partial charge in [-0.1, -0.05) is 13.3 Å². The van der Waals surface area contributed by atoms with Crippen molar-refractivity contribution in [1.29, 1.82) is 0 Å². The molecule has 2 aliphatic heterocycles. The zero-order valence-corrected chi connectivity index (χ0v) is 8.46. The minimum Gasteiger partial charge on any atom is -0.298 e. The highest BCUT2D eigenvalue weighted by atomic mass is 16.7. The van der Waals surface area contributed by atoms with E-state index in [2.05, 4.69) is 12.0 Å². The van der Waals surface area contributed by atoms with Gasteiger partial charge in [0, 0.05) is 18.5 Å². The lowest BCUT2D eigenvalue weighted by Gasteiger charge is -2.40.